The van der Waals surface area contributed by atoms with Gasteiger partial charge in [-0.1, -0.05) is 0 Å². The smallest absolute Gasteiger partial charge is 0.357 e. The summed E-state index contributed by atoms with van der Waals surface area (Å²) in [7, 11) is 0. The van der Waals surface area contributed by atoms with Gasteiger partial charge in [0, 0.05) is 54.8 Å². The molecule has 10 rings (SSSR count). The summed E-state index contributed by atoms with van der Waals surface area (Å²) in [6.45, 7) is 0. The summed E-state index contributed by atoms with van der Waals surface area (Å²) in [6.07, 6.45) is 16.9. The van der Waals surface area contributed by atoms with Crippen LogP contribution in [0.5, 0.6) is 0 Å². The molecule has 7 heterocycles. The fourth-order valence-electron chi connectivity index (χ4n) is 6.42. The summed E-state index contributed by atoms with van der Waals surface area (Å²) in [5, 5.41) is 114. The Labute approximate surface area is 515 Å². The lowest BCUT2D eigenvalue weighted by atomic mass is 10.1. The minimum Gasteiger partial charge on any atom is -0.478 e. The molecule has 0 saturated carbocycles. The van der Waals surface area contributed by atoms with Crippen molar-refractivity contribution in [1.82, 2.24) is 64.0 Å². The number of benzene rings is 3. The van der Waals surface area contributed by atoms with Gasteiger partial charge in [0.05, 0.1) is 51.0 Å². The Kier molecular flexibility index (Phi) is 26.2. The minimum atomic E-state index is -1.49. The van der Waals surface area contributed by atoms with Gasteiger partial charge in [-0.3, -0.25) is 9.55 Å². The maximum Gasteiger partial charge on any atom is 0.357 e. The number of hydrogen-bond acceptors (Lipinski definition) is 22. The molecule has 0 bridgehead atoms. The van der Waals surface area contributed by atoms with Gasteiger partial charge in [-0.05, 0) is 103 Å². The lowest BCUT2D eigenvalue weighted by Crippen LogP contribution is -2.12. The molecule has 0 saturated heterocycles. The van der Waals surface area contributed by atoms with E-state index in [1.807, 2.05) is 4.57 Å². The molecule has 0 atom stereocenters. The molecule has 0 spiro atoms. The molecule has 474 valence electrons. The largest absolute Gasteiger partial charge is 0.478 e. The molecule has 12 N–H and O–H groups in total. The van der Waals surface area contributed by atoms with Crippen LogP contribution in [0.15, 0.2) is 178 Å². The first-order valence-corrected chi connectivity index (χ1v) is 24.6. The zero-order chi connectivity index (χ0) is 68.9. The molecule has 0 unspecified atom stereocenters. The molecule has 3 aromatic carbocycles. The Hall–Kier alpha value is -14.7. The summed E-state index contributed by atoms with van der Waals surface area (Å²) in [5.41, 5.74) is -0.739. The Morgan fingerprint density at radius 1 is 0.323 bits per heavy atom. The summed E-state index contributed by atoms with van der Waals surface area (Å²) < 4.78 is 5.07. The highest BCUT2D eigenvalue weighted by atomic mass is 16.4. The second kappa shape index (κ2) is 34.5. The molecule has 10 aromatic rings. The Morgan fingerprint density at radius 2 is 0.753 bits per heavy atom. The second-order valence-electron chi connectivity index (χ2n) is 16.7. The van der Waals surface area contributed by atoms with Crippen molar-refractivity contribution in [3.05, 3.63) is 246 Å². The van der Waals surface area contributed by atoms with Crippen molar-refractivity contribution >= 4 is 71.6 Å². The van der Waals surface area contributed by atoms with Crippen molar-refractivity contribution in [3.63, 3.8) is 0 Å². The predicted molar refractivity (Wildman–Crippen MR) is 305 cm³/mol. The maximum atomic E-state index is 10.6. The van der Waals surface area contributed by atoms with Crippen LogP contribution in [-0.2, 0) is 0 Å². The van der Waals surface area contributed by atoms with Gasteiger partial charge in [0.2, 0.25) is 0 Å². The normalized spacial score (nSPS) is 9.68. The van der Waals surface area contributed by atoms with Gasteiger partial charge in [-0.2, -0.15) is 5.10 Å². The molecule has 37 nitrogen and oxygen atoms in total. The number of carboxylic acids is 12. The molecular weight excluding hydrogens is 1240 g/mol. The number of aromatic nitrogens is 13. The molecule has 0 radical (unpaired) electrons. The third-order valence-corrected chi connectivity index (χ3v) is 10.7. The number of rotatable bonds is 15. The van der Waals surface area contributed by atoms with Crippen LogP contribution >= 0.6 is 0 Å². The first-order chi connectivity index (χ1) is 44.1. The van der Waals surface area contributed by atoms with E-state index in [-0.39, 0.29) is 33.4 Å². The van der Waals surface area contributed by atoms with Crippen molar-refractivity contribution in [2.75, 3.05) is 0 Å². The molecule has 0 amide bonds. The minimum absolute atomic E-state index is 0.252. The number of nitrogens with zero attached hydrogens (tertiary/aromatic N) is 13. The third-order valence-electron chi connectivity index (χ3n) is 10.7. The highest BCUT2D eigenvalue weighted by Crippen LogP contribution is 2.13. The van der Waals surface area contributed by atoms with E-state index in [0.29, 0.717) is 0 Å². The van der Waals surface area contributed by atoms with Gasteiger partial charge in [-0.15, -0.1) is 10.2 Å². The monoisotopic (exact) mass is 1280 g/mol. The number of carbonyl (C=O) groups is 12. The first kappa shape index (κ1) is 70.8. The molecule has 0 aliphatic rings. The fourth-order valence-corrected chi connectivity index (χ4v) is 6.42. The van der Waals surface area contributed by atoms with Crippen LogP contribution in [0, 0.1) is 0 Å². The lowest BCUT2D eigenvalue weighted by molar-refractivity contribution is 0.0641. The second-order valence-corrected chi connectivity index (χ2v) is 16.7. The van der Waals surface area contributed by atoms with E-state index in [9.17, 15) is 57.5 Å². The highest BCUT2D eigenvalue weighted by molar-refractivity contribution is 6.02. The van der Waals surface area contributed by atoms with Crippen LogP contribution in [0.25, 0.3) is 17.1 Å². The van der Waals surface area contributed by atoms with Crippen LogP contribution < -0.4 is 0 Å². The summed E-state index contributed by atoms with van der Waals surface area (Å²) in [6, 6.07) is 24.8. The highest BCUT2D eigenvalue weighted by Gasteiger charge is 2.20. The van der Waals surface area contributed by atoms with Crippen LogP contribution in [0.4, 0.5) is 0 Å². The molecule has 93 heavy (non-hydrogen) atoms. The van der Waals surface area contributed by atoms with Gasteiger partial charge in [-0.25, -0.2) is 92.1 Å². The molecular formula is C56H41N13O24. The van der Waals surface area contributed by atoms with E-state index < -0.39 is 106 Å². The summed E-state index contributed by atoms with van der Waals surface area (Å²) in [4.78, 5) is 150. The Morgan fingerprint density at radius 3 is 1.11 bits per heavy atom. The Balaban J connectivity index is 0.000000232. The molecule has 7 aromatic heterocycles. The van der Waals surface area contributed by atoms with Crippen molar-refractivity contribution < 1.29 is 119 Å². The van der Waals surface area contributed by atoms with E-state index in [1.54, 1.807) is 95.5 Å². The lowest BCUT2D eigenvalue weighted by Gasteiger charge is -2.01. The van der Waals surface area contributed by atoms with Crippen molar-refractivity contribution in [2.24, 2.45) is 0 Å². The Bertz CT molecular complexity index is 3750. The van der Waals surface area contributed by atoms with Crippen LogP contribution in [0.3, 0.4) is 0 Å². The van der Waals surface area contributed by atoms with Crippen molar-refractivity contribution in [2.45, 2.75) is 0 Å². The van der Waals surface area contributed by atoms with Crippen LogP contribution in [0.1, 0.15) is 125 Å². The van der Waals surface area contributed by atoms with Gasteiger partial charge in [0.25, 0.3) is 0 Å². The number of carboxylic acid groups (broad SMARTS) is 12. The maximum absolute atomic E-state index is 10.6. The average molecular weight is 1280 g/mol. The van der Waals surface area contributed by atoms with Crippen LogP contribution in [-0.4, -0.2) is 197 Å². The molecule has 37 heteroatoms. The van der Waals surface area contributed by atoms with Gasteiger partial charge in [0.15, 0.2) is 17.1 Å². The fraction of sp³-hybridized carbons (Fsp3) is 0. The number of pyridine rings is 3. The number of aromatic carboxylic acids is 12. The average Bonchev–Trinajstić information content (AvgIpc) is 2.59. The van der Waals surface area contributed by atoms with E-state index in [0.717, 1.165) is 53.9 Å². The molecule has 0 aliphatic heterocycles. The van der Waals surface area contributed by atoms with Gasteiger partial charge < -0.3 is 65.8 Å². The van der Waals surface area contributed by atoms with Gasteiger partial charge in [0.1, 0.15) is 36.7 Å². The van der Waals surface area contributed by atoms with E-state index >= 15 is 0 Å². The van der Waals surface area contributed by atoms with Gasteiger partial charge >= 0.3 is 71.6 Å². The van der Waals surface area contributed by atoms with Crippen molar-refractivity contribution in [1.29, 1.82) is 0 Å². The quantitative estimate of drug-likeness (QED) is 0.0672. The van der Waals surface area contributed by atoms with Crippen LogP contribution in [0.2, 0.25) is 0 Å². The van der Waals surface area contributed by atoms with Crippen molar-refractivity contribution in [3.8, 4) is 17.1 Å². The topological polar surface area (TPSA) is 591 Å². The summed E-state index contributed by atoms with van der Waals surface area (Å²) in [5.74, 6) is -15.2. The number of hydrogen-bond donors (Lipinski definition) is 12. The van der Waals surface area contributed by atoms with E-state index in [2.05, 4.69) is 50.2 Å². The molecule has 0 fully saturated rings. The SMILES string of the molecule is O=C(O)c1cc(C(=O)O)nc(C(=O)O)c1.O=C(O)c1ccc(-n2ccnc2)cc1.O=C(O)c1ccc(-n2cncn2)cc1.O=C(O)c1ccc(-n2cnnc2)cc1.O=C(O)c1cccnc1C(=O)O.O=C(O)c1ccncc1C(=O)O.O=C(O)c1nccnc1C(=O)O. The molecule has 0 aliphatic carbocycles. The summed E-state index contributed by atoms with van der Waals surface area (Å²) >= 11 is 0. The zero-order valence-electron chi connectivity index (χ0n) is 46.3. The van der Waals surface area contributed by atoms with E-state index in [4.69, 9.17) is 61.3 Å². The zero-order valence-corrected chi connectivity index (χ0v) is 46.3. The predicted octanol–water partition coefficient (Wildman–Crippen LogP) is 4.51. The number of imidazole rings is 1. The third kappa shape index (κ3) is 22.0. The van der Waals surface area contributed by atoms with E-state index in [1.165, 1.54) is 55.1 Å². The first-order valence-electron chi connectivity index (χ1n) is 24.6. The standard InChI is InChI=1S/C10H8N2O2.2C9H7N3O2.C8H5NO6.2C7H5NO4.C6H4N2O4/c13-10(14)8-1-3-9(4-2-8)12-6-5-11-7-12;13-9(14)7-1-3-8(4-2-7)12-5-10-11-6-12;13-9(14)7-1-3-8(4-2-7)12-6-10-5-11-12;10-6(11)3-1-4(7(12)13)9-5(2-3)8(14)15;9-6(10)4-1-2-8-3-5(4)7(11)12;9-6(10)4-2-1-3-8-5(4)7(11)12;9-5(10)3-4(6(11)12)8-2-1-7-3/h1-7H,(H,13,14);2*1-6H,(H,13,14);1-2H,(H,10,11)(H,12,13)(H,14,15);2*1-3H,(H,9,10)(H,11,12);1-2H,(H,9,10)(H,11,12).